The largest absolute Gasteiger partial charge is 0.335 e. The van der Waals surface area contributed by atoms with Gasteiger partial charge in [-0.3, -0.25) is 19.8 Å². The van der Waals surface area contributed by atoms with E-state index < -0.39 is 4.92 Å². The van der Waals surface area contributed by atoms with Crippen molar-refractivity contribution >= 4 is 33.0 Å². The molecule has 0 unspecified atom stereocenters. The summed E-state index contributed by atoms with van der Waals surface area (Å²) in [5.74, 6) is 0.0133. The van der Waals surface area contributed by atoms with Crippen LogP contribution in [-0.2, 0) is 6.54 Å². The number of piperazine rings is 1. The van der Waals surface area contributed by atoms with E-state index in [9.17, 15) is 14.9 Å². The van der Waals surface area contributed by atoms with Gasteiger partial charge in [-0.1, -0.05) is 24.3 Å². The number of nitrogens with zero attached hydrogens (tertiary/aromatic N) is 3. The maximum Gasteiger partial charge on any atom is 0.270 e. The summed E-state index contributed by atoms with van der Waals surface area (Å²) < 4.78 is 0.895. The van der Waals surface area contributed by atoms with Gasteiger partial charge in [-0.15, -0.1) is 11.3 Å². The van der Waals surface area contributed by atoms with E-state index in [2.05, 4.69) is 36.1 Å². The molecule has 1 fully saturated rings. The van der Waals surface area contributed by atoms with Crippen LogP contribution in [0.3, 0.4) is 0 Å². The molecule has 0 atom stereocenters. The second kappa shape index (κ2) is 7.69. The lowest BCUT2D eigenvalue weighted by Crippen LogP contribution is -2.48. The summed E-state index contributed by atoms with van der Waals surface area (Å²) >= 11 is 1.40. The second-order valence-corrected chi connectivity index (χ2v) is 8.17. The van der Waals surface area contributed by atoms with Gasteiger partial charge in [0.1, 0.15) is 0 Å². The van der Waals surface area contributed by atoms with Crippen molar-refractivity contribution in [1.29, 1.82) is 0 Å². The number of fused-ring (bicyclic) bond motifs is 1. The van der Waals surface area contributed by atoms with Gasteiger partial charge in [0.2, 0.25) is 0 Å². The van der Waals surface area contributed by atoms with Crippen LogP contribution >= 0.6 is 11.3 Å². The van der Waals surface area contributed by atoms with E-state index in [-0.39, 0.29) is 11.6 Å². The lowest BCUT2D eigenvalue weighted by molar-refractivity contribution is -0.384. The fourth-order valence-electron chi connectivity index (χ4n) is 3.54. The summed E-state index contributed by atoms with van der Waals surface area (Å²) in [6, 6.07) is 14.9. The zero-order valence-corrected chi connectivity index (χ0v) is 16.4. The van der Waals surface area contributed by atoms with Crippen molar-refractivity contribution in [2.24, 2.45) is 0 Å². The number of rotatable bonds is 4. The van der Waals surface area contributed by atoms with Crippen LogP contribution in [-0.4, -0.2) is 46.8 Å². The number of hydrogen-bond acceptors (Lipinski definition) is 5. The Morgan fingerprint density at radius 2 is 1.86 bits per heavy atom. The average molecular weight is 395 g/mol. The van der Waals surface area contributed by atoms with Crippen molar-refractivity contribution in [1.82, 2.24) is 9.80 Å². The molecule has 7 heteroatoms. The number of thiophene rings is 1. The monoisotopic (exact) mass is 395 g/mol. The van der Waals surface area contributed by atoms with Crippen LogP contribution in [0.25, 0.3) is 10.1 Å². The molecule has 0 aliphatic carbocycles. The first-order chi connectivity index (χ1) is 13.5. The number of benzene rings is 2. The second-order valence-electron chi connectivity index (χ2n) is 7.08. The van der Waals surface area contributed by atoms with Crippen molar-refractivity contribution in [2.75, 3.05) is 26.2 Å². The highest BCUT2D eigenvalue weighted by molar-refractivity contribution is 7.20. The van der Waals surface area contributed by atoms with E-state index in [1.54, 1.807) is 12.1 Å². The molecule has 1 aliphatic rings. The first kappa shape index (κ1) is 18.6. The van der Waals surface area contributed by atoms with Gasteiger partial charge in [-0.2, -0.15) is 0 Å². The van der Waals surface area contributed by atoms with Gasteiger partial charge in [-0.25, -0.2) is 0 Å². The van der Waals surface area contributed by atoms with E-state index in [4.69, 9.17) is 0 Å². The van der Waals surface area contributed by atoms with Crippen molar-refractivity contribution in [3.63, 3.8) is 0 Å². The number of nitro benzene ring substituents is 1. The van der Waals surface area contributed by atoms with Crippen LogP contribution in [0.2, 0.25) is 0 Å². The first-order valence-electron chi connectivity index (χ1n) is 9.25. The molecule has 0 spiro atoms. The molecule has 0 radical (unpaired) electrons. The van der Waals surface area contributed by atoms with E-state index in [1.807, 2.05) is 4.90 Å². The summed E-state index contributed by atoms with van der Waals surface area (Å²) in [4.78, 5) is 28.3. The Hall–Kier alpha value is -2.77. The molecule has 3 aromatic rings. The fourth-order valence-corrected chi connectivity index (χ4v) is 4.55. The number of amides is 1. The number of non-ortho nitro benzene ring substituents is 1. The smallest absolute Gasteiger partial charge is 0.270 e. The third kappa shape index (κ3) is 3.76. The molecule has 4 rings (SSSR count). The summed E-state index contributed by atoms with van der Waals surface area (Å²) in [6.07, 6.45) is 0. The minimum absolute atomic E-state index is 0.0133. The predicted octanol–water partition coefficient (Wildman–Crippen LogP) is 4.08. The van der Waals surface area contributed by atoms with Gasteiger partial charge in [0.15, 0.2) is 0 Å². The van der Waals surface area contributed by atoms with Gasteiger partial charge < -0.3 is 4.90 Å². The number of aryl methyl sites for hydroxylation is 1. The number of carbonyl (C=O) groups is 1. The average Bonchev–Trinajstić information content (AvgIpc) is 3.13. The Morgan fingerprint density at radius 3 is 2.57 bits per heavy atom. The van der Waals surface area contributed by atoms with E-state index in [0.717, 1.165) is 29.7 Å². The molecule has 2 heterocycles. The van der Waals surface area contributed by atoms with Crippen molar-refractivity contribution in [3.05, 3.63) is 74.6 Å². The molecule has 0 N–H and O–H groups in total. The maximum absolute atomic E-state index is 12.9. The summed E-state index contributed by atoms with van der Waals surface area (Å²) in [5, 5.41) is 11.7. The Balaban J connectivity index is 1.42. The molecule has 1 aromatic heterocycles. The van der Waals surface area contributed by atoms with Gasteiger partial charge in [0.25, 0.3) is 11.6 Å². The molecule has 0 saturated carbocycles. The predicted molar refractivity (Wildman–Crippen MR) is 111 cm³/mol. The van der Waals surface area contributed by atoms with Gasteiger partial charge in [0, 0.05) is 54.9 Å². The highest BCUT2D eigenvalue weighted by atomic mass is 32.1. The molecule has 1 amide bonds. The van der Waals surface area contributed by atoms with Crippen LogP contribution in [0.15, 0.2) is 48.5 Å². The quantitative estimate of drug-likeness (QED) is 0.493. The highest BCUT2D eigenvalue weighted by Gasteiger charge is 2.24. The highest BCUT2D eigenvalue weighted by Crippen LogP contribution is 2.30. The van der Waals surface area contributed by atoms with Crippen LogP contribution in [0.1, 0.15) is 20.8 Å². The van der Waals surface area contributed by atoms with Crippen LogP contribution in [0.4, 0.5) is 5.69 Å². The molecule has 28 heavy (non-hydrogen) atoms. The number of nitro groups is 1. The number of carbonyl (C=O) groups excluding carboxylic acids is 1. The fraction of sp³-hybridized carbons (Fsp3) is 0.286. The number of hydrogen-bond donors (Lipinski definition) is 0. The minimum atomic E-state index is -0.410. The maximum atomic E-state index is 12.9. The standard InChI is InChI=1S/C21H21N3O3S/c1-15-4-2-3-5-16(15)14-22-8-10-23(11-9-22)21(25)20-13-17-12-18(24(26)27)6-7-19(17)28-20/h2-7,12-13H,8-11,14H2,1H3. The van der Waals surface area contributed by atoms with Crippen LogP contribution < -0.4 is 0 Å². The van der Waals surface area contributed by atoms with Gasteiger partial charge in [0.05, 0.1) is 9.80 Å². The lowest BCUT2D eigenvalue weighted by Gasteiger charge is -2.34. The summed E-state index contributed by atoms with van der Waals surface area (Å²) in [5.41, 5.74) is 2.67. The summed E-state index contributed by atoms with van der Waals surface area (Å²) in [7, 11) is 0. The molecule has 2 aromatic carbocycles. The first-order valence-corrected chi connectivity index (χ1v) is 10.1. The Kier molecular flexibility index (Phi) is 5.11. The normalized spacial score (nSPS) is 15.1. The topological polar surface area (TPSA) is 66.7 Å². The third-order valence-electron chi connectivity index (χ3n) is 5.24. The molecule has 144 valence electrons. The molecule has 1 aliphatic heterocycles. The third-order valence-corrected chi connectivity index (χ3v) is 6.34. The SMILES string of the molecule is Cc1ccccc1CN1CCN(C(=O)c2cc3cc([N+](=O)[O-])ccc3s2)CC1. The van der Waals surface area contributed by atoms with Crippen LogP contribution in [0, 0.1) is 17.0 Å². The molecular weight excluding hydrogens is 374 g/mol. The zero-order valence-electron chi connectivity index (χ0n) is 15.6. The van der Waals surface area contributed by atoms with Crippen molar-refractivity contribution in [3.8, 4) is 0 Å². The van der Waals surface area contributed by atoms with Gasteiger partial charge in [-0.05, 0) is 30.2 Å². The van der Waals surface area contributed by atoms with Crippen LogP contribution in [0.5, 0.6) is 0 Å². The Labute approximate surface area is 167 Å². The zero-order chi connectivity index (χ0) is 19.7. The molecular formula is C21H21N3O3S. The lowest BCUT2D eigenvalue weighted by atomic mass is 10.1. The Bertz CT molecular complexity index is 1040. The van der Waals surface area contributed by atoms with E-state index in [0.29, 0.717) is 18.0 Å². The van der Waals surface area contributed by atoms with Crippen molar-refractivity contribution in [2.45, 2.75) is 13.5 Å². The summed E-state index contributed by atoms with van der Waals surface area (Å²) in [6.45, 7) is 6.10. The molecule has 1 saturated heterocycles. The minimum Gasteiger partial charge on any atom is -0.335 e. The molecule has 0 bridgehead atoms. The Morgan fingerprint density at radius 1 is 1.11 bits per heavy atom. The molecule has 6 nitrogen and oxygen atoms in total. The van der Waals surface area contributed by atoms with E-state index >= 15 is 0 Å². The van der Waals surface area contributed by atoms with Crippen molar-refractivity contribution < 1.29 is 9.72 Å². The van der Waals surface area contributed by atoms with E-state index in [1.165, 1.54) is 34.6 Å². The van der Waals surface area contributed by atoms with Gasteiger partial charge >= 0.3 is 0 Å².